The quantitative estimate of drug-likeness (QED) is 0.759. The molecule has 2 nitrogen and oxygen atoms in total. The lowest BCUT2D eigenvalue weighted by atomic mass is 10.0. The third-order valence-electron chi connectivity index (χ3n) is 3.66. The maximum Gasteiger partial charge on any atom is 0.0615 e. The number of ether oxygens (including phenoxy) is 1. The van der Waals surface area contributed by atoms with E-state index in [0.717, 1.165) is 19.1 Å². The normalized spacial score (nSPS) is 16.8. The second-order valence-electron chi connectivity index (χ2n) is 5.29. The Bertz CT molecular complexity index is 354. The van der Waals surface area contributed by atoms with E-state index in [1.54, 1.807) is 12.7 Å². The zero-order valence-electron chi connectivity index (χ0n) is 11.6. The molecule has 0 bridgehead atoms. The highest BCUT2D eigenvalue weighted by Crippen LogP contribution is 2.41. The van der Waals surface area contributed by atoms with Crippen molar-refractivity contribution in [3.05, 3.63) is 35.4 Å². The lowest BCUT2D eigenvalue weighted by molar-refractivity contribution is 0.161. The highest BCUT2D eigenvalue weighted by atomic mass is 16.5. The molecule has 1 fully saturated rings. The van der Waals surface area contributed by atoms with Gasteiger partial charge in [-0.15, -0.1) is 0 Å². The molecule has 1 aliphatic carbocycles. The zero-order chi connectivity index (χ0) is 12.8. The van der Waals surface area contributed by atoms with Crippen LogP contribution in [-0.2, 0) is 11.3 Å². The fourth-order valence-electron chi connectivity index (χ4n) is 2.54. The summed E-state index contributed by atoms with van der Waals surface area (Å²) in [6.07, 6.45) is 5.12. The van der Waals surface area contributed by atoms with Gasteiger partial charge in [-0.25, -0.2) is 0 Å². The Kier molecular flexibility index (Phi) is 5.21. The molecule has 1 unspecified atom stereocenters. The lowest BCUT2D eigenvalue weighted by Crippen LogP contribution is -2.32. The molecule has 0 heterocycles. The van der Waals surface area contributed by atoms with Crippen LogP contribution in [0.4, 0.5) is 0 Å². The largest absolute Gasteiger partial charge is 0.383 e. The summed E-state index contributed by atoms with van der Waals surface area (Å²) in [7, 11) is 1.78. The molecule has 18 heavy (non-hydrogen) atoms. The SMILES string of the molecule is CCCC(COC)NCc1ccccc1C1CC1. The Morgan fingerprint density at radius 1 is 1.33 bits per heavy atom. The van der Waals surface area contributed by atoms with Crippen LogP contribution in [0.2, 0.25) is 0 Å². The maximum atomic E-state index is 5.27. The average molecular weight is 247 g/mol. The van der Waals surface area contributed by atoms with Crippen LogP contribution in [0.15, 0.2) is 24.3 Å². The molecule has 1 aliphatic rings. The molecule has 0 aliphatic heterocycles. The van der Waals surface area contributed by atoms with Crippen LogP contribution in [0, 0.1) is 0 Å². The van der Waals surface area contributed by atoms with E-state index < -0.39 is 0 Å². The van der Waals surface area contributed by atoms with Crippen LogP contribution in [0.1, 0.15) is 49.7 Å². The van der Waals surface area contributed by atoms with Gasteiger partial charge in [0.2, 0.25) is 0 Å². The molecule has 1 atom stereocenters. The molecule has 1 N–H and O–H groups in total. The maximum absolute atomic E-state index is 5.27. The molecule has 0 radical (unpaired) electrons. The van der Waals surface area contributed by atoms with Crippen LogP contribution in [0.25, 0.3) is 0 Å². The predicted octanol–water partition coefficient (Wildman–Crippen LogP) is 3.47. The Hall–Kier alpha value is -0.860. The Balaban J connectivity index is 1.91. The molecule has 1 saturated carbocycles. The van der Waals surface area contributed by atoms with Crippen molar-refractivity contribution in [3.63, 3.8) is 0 Å². The van der Waals surface area contributed by atoms with Gasteiger partial charge in [0.1, 0.15) is 0 Å². The molecule has 0 saturated heterocycles. The molecule has 0 amide bonds. The van der Waals surface area contributed by atoms with Crippen molar-refractivity contribution in [2.45, 2.75) is 51.1 Å². The number of benzene rings is 1. The van der Waals surface area contributed by atoms with E-state index >= 15 is 0 Å². The fraction of sp³-hybridized carbons (Fsp3) is 0.625. The molecule has 0 spiro atoms. The fourth-order valence-corrected chi connectivity index (χ4v) is 2.54. The van der Waals surface area contributed by atoms with Gasteiger partial charge in [0.25, 0.3) is 0 Å². The first-order chi connectivity index (χ1) is 8.85. The lowest BCUT2D eigenvalue weighted by Gasteiger charge is -2.18. The van der Waals surface area contributed by atoms with Gasteiger partial charge < -0.3 is 10.1 Å². The third-order valence-corrected chi connectivity index (χ3v) is 3.66. The summed E-state index contributed by atoms with van der Waals surface area (Å²) < 4.78 is 5.27. The molecular formula is C16H25NO. The summed E-state index contributed by atoms with van der Waals surface area (Å²) in [6.45, 7) is 4.00. The first-order valence-corrected chi connectivity index (χ1v) is 7.15. The van der Waals surface area contributed by atoms with Gasteiger partial charge in [0.15, 0.2) is 0 Å². The van der Waals surface area contributed by atoms with Crippen molar-refractivity contribution in [2.24, 2.45) is 0 Å². The van der Waals surface area contributed by atoms with Gasteiger partial charge in [-0.2, -0.15) is 0 Å². The predicted molar refractivity (Wildman–Crippen MR) is 75.8 cm³/mol. The summed E-state index contributed by atoms with van der Waals surface area (Å²) in [4.78, 5) is 0. The second-order valence-corrected chi connectivity index (χ2v) is 5.29. The van der Waals surface area contributed by atoms with Crippen molar-refractivity contribution in [2.75, 3.05) is 13.7 Å². The van der Waals surface area contributed by atoms with E-state index in [2.05, 4.69) is 36.5 Å². The minimum absolute atomic E-state index is 0.479. The first-order valence-electron chi connectivity index (χ1n) is 7.15. The molecule has 100 valence electrons. The van der Waals surface area contributed by atoms with Gasteiger partial charge in [0.05, 0.1) is 6.61 Å². The first kappa shape index (κ1) is 13.6. The summed E-state index contributed by atoms with van der Waals surface area (Å²) in [5, 5.41) is 3.64. The van der Waals surface area contributed by atoms with Crippen LogP contribution in [0.3, 0.4) is 0 Å². The van der Waals surface area contributed by atoms with Gasteiger partial charge in [-0.05, 0) is 36.3 Å². The van der Waals surface area contributed by atoms with Crippen molar-refractivity contribution >= 4 is 0 Å². The van der Waals surface area contributed by atoms with Crippen molar-refractivity contribution in [3.8, 4) is 0 Å². The molecule has 2 rings (SSSR count). The van der Waals surface area contributed by atoms with Gasteiger partial charge in [-0.1, -0.05) is 37.6 Å². The van der Waals surface area contributed by atoms with Gasteiger partial charge in [-0.3, -0.25) is 0 Å². The van der Waals surface area contributed by atoms with E-state index in [9.17, 15) is 0 Å². The minimum atomic E-state index is 0.479. The smallest absolute Gasteiger partial charge is 0.0615 e. The molecule has 2 heteroatoms. The Labute approximate surface area is 111 Å². The summed E-state index contributed by atoms with van der Waals surface area (Å²) in [5.41, 5.74) is 3.02. The van der Waals surface area contributed by atoms with E-state index in [4.69, 9.17) is 4.74 Å². The van der Waals surface area contributed by atoms with Gasteiger partial charge >= 0.3 is 0 Å². The monoisotopic (exact) mass is 247 g/mol. The van der Waals surface area contributed by atoms with Gasteiger partial charge in [0, 0.05) is 19.7 Å². The third kappa shape index (κ3) is 3.82. The molecule has 1 aromatic rings. The highest BCUT2D eigenvalue weighted by molar-refractivity contribution is 5.33. The summed E-state index contributed by atoms with van der Waals surface area (Å²) in [6, 6.07) is 9.34. The number of methoxy groups -OCH3 is 1. The number of nitrogens with one attached hydrogen (secondary N) is 1. The topological polar surface area (TPSA) is 21.3 Å². The van der Waals surface area contributed by atoms with E-state index in [0.29, 0.717) is 6.04 Å². The summed E-state index contributed by atoms with van der Waals surface area (Å²) >= 11 is 0. The number of rotatable bonds is 8. The molecular weight excluding hydrogens is 222 g/mol. The van der Waals surface area contributed by atoms with Crippen LogP contribution >= 0.6 is 0 Å². The number of hydrogen-bond acceptors (Lipinski definition) is 2. The van der Waals surface area contributed by atoms with E-state index in [-0.39, 0.29) is 0 Å². The molecule has 0 aromatic heterocycles. The molecule has 1 aromatic carbocycles. The van der Waals surface area contributed by atoms with Crippen LogP contribution in [-0.4, -0.2) is 19.8 Å². The standard InChI is InChI=1S/C16H25NO/c1-3-6-15(12-18-2)17-11-14-7-4-5-8-16(14)13-9-10-13/h4-5,7-8,13,15,17H,3,6,9-12H2,1-2H3. The second kappa shape index (κ2) is 6.91. The van der Waals surface area contributed by atoms with Crippen molar-refractivity contribution in [1.82, 2.24) is 5.32 Å². The van der Waals surface area contributed by atoms with Crippen LogP contribution < -0.4 is 5.32 Å². The highest BCUT2D eigenvalue weighted by Gasteiger charge is 2.25. The Morgan fingerprint density at radius 2 is 2.11 bits per heavy atom. The summed E-state index contributed by atoms with van der Waals surface area (Å²) in [5.74, 6) is 0.829. The van der Waals surface area contributed by atoms with Crippen LogP contribution in [0.5, 0.6) is 0 Å². The van der Waals surface area contributed by atoms with E-state index in [1.807, 2.05) is 0 Å². The minimum Gasteiger partial charge on any atom is -0.383 e. The Morgan fingerprint density at radius 3 is 2.78 bits per heavy atom. The number of hydrogen-bond donors (Lipinski definition) is 1. The van der Waals surface area contributed by atoms with Crippen molar-refractivity contribution in [1.29, 1.82) is 0 Å². The van der Waals surface area contributed by atoms with E-state index in [1.165, 1.54) is 31.2 Å². The average Bonchev–Trinajstić information content (AvgIpc) is 3.21. The zero-order valence-corrected chi connectivity index (χ0v) is 11.6. The van der Waals surface area contributed by atoms with Crippen molar-refractivity contribution < 1.29 is 4.74 Å².